The molecule has 5 rings (SSSR count). The van der Waals surface area contributed by atoms with E-state index in [1.54, 1.807) is 10.9 Å². The number of carboxylic acids is 1. The third-order valence-electron chi connectivity index (χ3n) is 9.44. The SMILES string of the molecule is Cc1ccnc(NCCCCC(=O)NCC(=O)N[C@@H](CC(=O)O)c2ccc(-c3ccc(OCCOCCOCCOCCOCCn4cc(C)nn4)c4ccccc34)cc2)c1. The number of unbranched alkanes of at least 4 members (excludes halogenated alkanes) is 1. The van der Waals surface area contributed by atoms with Crippen LogP contribution in [0.3, 0.4) is 0 Å². The first kappa shape index (κ1) is 46.1. The molecule has 0 spiro atoms. The van der Waals surface area contributed by atoms with E-state index in [0.717, 1.165) is 51.1 Å². The lowest BCUT2D eigenvalue weighted by Gasteiger charge is -2.19. The van der Waals surface area contributed by atoms with E-state index in [1.165, 1.54) is 0 Å². The molecule has 5 aromatic rings. The minimum absolute atomic E-state index is 0.246. The molecule has 2 aromatic heterocycles. The topological polar surface area (TPSA) is 197 Å². The summed E-state index contributed by atoms with van der Waals surface area (Å²) in [6, 6.07) is 22.4. The van der Waals surface area contributed by atoms with Gasteiger partial charge in [0.2, 0.25) is 11.8 Å². The van der Waals surface area contributed by atoms with Crippen LogP contribution in [0, 0.1) is 13.8 Å². The summed E-state index contributed by atoms with van der Waals surface area (Å²) in [7, 11) is 0. The van der Waals surface area contributed by atoms with Crippen molar-refractivity contribution in [2.24, 2.45) is 0 Å². The third kappa shape index (κ3) is 16.6. The summed E-state index contributed by atoms with van der Waals surface area (Å²) >= 11 is 0. The van der Waals surface area contributed by atoms with Gasteiger partial charge in [0.05, 0.1) is 84.1 Å². The molecule has 61 heavy (non-hydrogen) atoms. The molecule has 16 heteroatoms. The van der Waals surface area contributed by atoms with Crippen LogP contribution in [0.4, 0.5) is 5.82 Å². The highest BCUT2D eigenvalue weighted by Crippen LogP contribution is 2.35. The fourth-order valence-corrected chi connectivity index (χ4v) is 6.38. The minimum atomic E-state index is -1.06. The number of ether oxygens (including phenoxy) is 5. The lowest BCUT2D eigenvalue weighted by Crippen LogP contribution is -2.39. The number of carbonyl (C=O) groups is 3. The molecule has 2 heterocycles. The molecule has 4 N–H and O–H groups in total. The van der Waals surface area contributed by atoms with Crippen molar-refractivity contribution >= 4 is 34.4 Å². The summed E-state index contributed by atoms with van der Waals surface area (Å²) in [4.78, 5) is 41.2. The van der Waals surface area contributed by atoms with Crippen molar-refractivity contribution in [2.45, 2.75) is 52.1 Å². The van der Waals surface area contributed by atoms with Gasteiger partial charge in [0.25, 0.3) is 0 Å². The second-order valence-electron chi connectivity index (χ2n) is 14.3. The Labute approximate surface area is 356 Å². The van der Waals surface area contributed by atoms with E-state index < -0.39 is 17.9 Å². The summed E-state index contributed by atoms with van der Waals surface area (Å²) < 4.78 is 30.2. The molecular weight excluding hydrogens is 783 g/mol. The van der Waals surface area contributed by atoms with Crippen molar-refractivity contribution in [3.63, 3.8) is 0 Å². The molecule has 0 bridgehead atoms. The average Bonchev–Trinajstić information content (AvgIpc) is 3.68. The summed E-state index contributed by atoms with van der Waals surface area (Å²) in [5.41, 5.74) is 4.52. The van der Waals surface area contributed by atoms with Crippen LogP contribution in [-0.2, 0) is 39.9 Å². The number of nitrogens with one attached hydrogen (secondary N) is 3. The quantitative estimate of drug-likeness (QED) is 0.0454. The van der Waals surface area contributed by atoms with E-state index in [-0.39, 0.29) is 25.3 Å². The van der Waals surface area contributed by atoms with Gasteiger partial charge in [-0.2, -0.15) is 0 Å². The normalized spacial score (nSPS) is 11.6. The van der Waals surface area contributed by atoms with Crippen LogP contribution in [0.5, 0.6) is 5.75 Å². The lowest BCUT2D eigenvalue weighted by atomic mass is 9.95. The van der Waals surface area contributed by atoms with Crippen molar-refractivity contribution < 1.29 is 43.2 Å². The number of hydrogen-bond donors (Lipinski definition) is 4. The summed E-state index contributed by atoms with van der Waals surface area (Å²) in [6.45, 7) is 9.09. The number of pyridine rings is 1. The number of aliphatic carboxylic acids is 1. The van der Waals surface area contributed by atoms with E-state index in [9.17, 15) is 19.5 Å². The molecule has 0 aliphatic heterocycles. The van der Waals surface area contributed by atoms with Gasteiger partial charge in [-0.25, -0.2) is 9.67 Å². The fraction of sp³-hybridized carbons (Fsp3) is 0.422. The van der Waals surface area contributed by atoms with E-state index >= 15 is 0 Å². The molecule has 2 amide bonds. The van der Waals surface area contributed by atoms with Crippen molar-refractivity contribution in [3.8, 4) is 16.9 Å². The van der Waals surface area contributed by atoms with Gasteiger partial charge in [0.1, 0.15) is 18.2 Å². The van der Waals surface area contributed by atoms with Crippen LogP contribution in [0.1, 0.15) is 48.5 Å². The Bertz CT molecular complexity index is 2110. The maximum atomic E-state index is 12.8. The molecule has 0 saturated carbocycles. The van der Waals surface area contributed by atoms with Crippen LogP contribution >= 0.6 is 0 Å². The zero-order valence-electron chi connectivity index (χ0n) is 35.0. The highest BCUT2D eigenvalue weighted by atomic mass is 16.6. The fourth-order valence-electron chi connectivity index (χ4n) is 6.38. The Morgan fingerprint density at radius 1 is 0.770 bits per heavy atom. The molecule has 0 saturated heterocycles. The van der Waals surface area contributed by atoms with Gasteiger partial charge in [-0.3, -0.25) is 14.4 Å². The maximum absolute atomic E-state index is 12.8. The van der Waals surface area contributed by atoms with E-state index in [1.807, 2.05) is 92.8 Å². The smallest absolute Gasteiger partial charge is 0.305 e. The van der Waals surface area contributed by atoms with Crippen molar-refractivity contribution in [3.05, 3.63) is 102 Å². The molecule has 0 fully saturated rings. The van der Waals surface area contributed by atoms with Crippen LogP contribution < -0.4 is 20.7 Å². The summed E-state index contributed by atoms with van der Waals surface area (Å²) in [6.07, 6.45) is 4.97. The predicted molar refractivity (Wildman–Crippen MR) is 230 cm³/mol. The van der Waals surface area contributed by atoms with Crippen molar-refractivity contribution in [2.75, 3.05) is 77.9 Å². The largest absolute Gasteiger partial charge is 0.491 e. The first-order chi connectivity index (χ1) is 29.7. The third-order valence-corrected chi connectivity index (χ3v) is 9.44. The first-order valence-electron chi connectivity index (χ1n) is 20.6. The Balaban J connectivity index is 0.986. The Morgan fingerprint density at radius 2 is 1.46 bits per heavy atom. The molecule has 0 unspecified atom stereocenters. The van der Waals surface area contributed by atoms with E-state index in [0.29, 0.717) is 84.5 Å². The van der Waals surface area contributed by atoms with Gasteiger partial charge in [-0.05, 0) is 72.5 Å². The Morgan fingerprint density at radius 3 is 2.13 bits per heavy atom. The zero-order chi connectivity index (χ0) is 43.1. The number of nitrogens with zero attached hydrogens (tertiary/aromatic N) is 4. The number of rotatable bonds is 29. The van der Waals surface area contributed by atoms with Gasteiger partial charge in [-0.1, -0.05) is 59.8 Å². The second kappa shape index (κ2) is 25.6. The standard InChI is InChI=1S/C45H57N7O9/c1-33-16-18-47-42(29-33)46-17-6-5-9-43(53)48-31-44(54)49-40(30-45(55)56)36-12-10-35(11-13-36)37-14-15-41(39-8-4-3-7-38(37)39)61-28-27-60-26-25-59-24-23-58-22-21-57-20-19-52-32-34(2)50-51-52/h3-4,7-8,10-16,18,29,32,40H,5-6,9,17,19-28,30-31H2,1-2H3,(H,46,47)(H,48,53)(H,49,54)(H,55,56)/t40-/m0/s1. The average molecular weight is 840 g/mol. The van der Waals surface area contributed by atoms with Crippen LogP contribution in [-0.4, -0.2) is 115 Å². The molecule has 0 radical (unpaired) electrons. The lowest BCUT2D eigenvalue weighted by molar-refractivity contribution is -0.138. The molecule has 3 aromatic carbocycles. The number of hydrogen-bond acceptors (Lipinski definition) is 12. The number of fused-ring (bicyclic) bond motifs is 1. The maximum Gasteiger partial charge on any atom is 0.305 e. The first-order valence-corrected chi connectivity index (χ1v) is 20.6. The number of carboxylic acid groups (broad SMARTS) is 1. The molecule has 1 atom stereocenters. The number of carbonyl (C=O) groups excluding carboxylic acids is 2. The molecule has 0 aliphatic rings. The van der Waals surface area contributed by atoms with Crippen molar-refractivity contribution in [1.82, 2.24) is 30.6 Å². The molecule has 0 aliphatic carbocycles. The van der Waals surface area contributed by atoms with Gasteiger partial charge < -0.3 is 44.7 Å². The van der Waals surface area contributed by atoms with Crippen LogP contribution in [0.15, 0.2) is 85.2 Å². The number of aryl methyl sites for hydroxylation is 2. The monoisotopic (exact) mass is 839 g/mol. The van der Waals surface area contributed by atoms with E-state index in [2.05, 4.69) is 31.2 Å². The Kier molecular flexibility index (Phi) is 19.4. The number of anilines is 1. The zero-order valence-corrected chi connectivity index (χ0v) is 35.0. The van der Waals surface area contributed by atoms with Gasteiger partial charge >= 0.3 is 5.97 Å². The highest BCUT2D eigenvalue weighted by molar-refractivity contribution is 6.00. The molecule has 16 nitrogen and oxygen atoms in total. The van der Waals surface area contributed by atoms with Crippen molar-refractivity contribution in [1.29, 1.82) is 0 Å². The minimum Gasteiger partial charge on any atom is -0.491 e. The van der Waals surface area contributed by atoms with E-state index in [4.69, 9.17) is 23.7 Å². The number of benzene rings is 3. The highest BCUT2D eigenvalue weighted by Gasteiger charge is 2.19. The van der Waals surface area contributed by atoms with Gasteiger partial charge in [-0.15, -0.1) is 5.10 Å². The van der Waals surface area contributed by atoms with Crippen LogP contribution in [0.25, 0.3) is 21.9 Å². The van der Waals surface area contributed by atoms with Crippen LogP contribution in [0.2, 0.25) is 0 Å². The summed E-state index contributed by atoms with van der Waals surface area (Å²) in [5, 5.41) is 28.1. The van der Waals surface area contributed by atoms with Gasteiger partial charge in [0.15, 0.2) is 0 Å². The number of amides is 2. The molecule has 326 valence electrons. The van der Waals surface area contributed by atoms with Gasteiger partial charge in [0, 0.05) is 30.7 Å². The summed E-state index contributed by atoms with van der Waals surface area (Å²) in [5.74, 6) is -0.249. The molecular formula is C45H57N7O9. The predicted octanol–water partition coefficient (Wildman–Crippen LogP) is 5.29. The second-order valence-corrected chi connectivity index (χ2v) is 14.3. The Hall–Kier alpha value is -5.94. The number of aromatic nitrogens is 4.